The molecule has 2 atom stereocenters. The van der Waals surface area contributed by atoms with Gasteiger partial charge in [0.05, 0.1) is 24.2 Å². The lowest BCUT2D eigenvalue weighted by Crippen LogP contribution is -2.52. The van der Waals surface area contributed by atoms with Crippen LogP contribution in [0.3, 0.4) is 0 Å². The van der Waals surface area contributed by atoms with Crippen LogP contribution < -0.4 is 4.74 Å². The van der Waals surface area contributed by atoms with Gasteiger partial charge >= 0.3 is 6.09 Å². The minimum atomic E-state index is -4.03. The van der Waals surface area contributed by atoms with E-state index in [1.54, 1.807) is 36.4 Å². The maximum absolute atomic E-state index is 13.6. The number of halogens is 1. The van der Waals surface area contributed by atoms with Crippen molar-refractivity contribution >= 4 is 16.1 Å². The van der Waals surface area contributed by atoms with Crippen molar-refractivity contribution in [3.63, 3.8) is 0 Å². The molecule has 0 aliphatic rings. The van der Waals surface area contributed by atoms with E-state index in [9.17, 15) is 27.8 Å². The molecule has 3 rings (SSSR count). The predicted octanol–water partition coefficient (Wildman–Crippen LogP) is 4.63. The second kappa shape index (κ2) is 13.5. The number of rotatable bonds is 13. The number of benzene rings is 3. The lowest BCUT2D eigenvalue weighted by molar-refractivity contribution is 0.0337. The number of carbonyl (C=O) groups is 1. The number of hydrogen-bond donors (Lipinski definition) is 2. The fourth-order valence-electron chi connectivity index (χ4n) is 4.33. The molecule has 0 radical (unpaired) electrons. The zero-order chi connectivity index (χ0) is 28.6. The van der Waals surface area contributed by atoms with Crippen molar-refractivity contribution in [1.82, 2.24) is 9.21 Å². The van der Waals surface area contributed by atoms with Crippen molar-refractivity contribution in [2.24, 2.45) is 5.92 Å². The summed E-state index contributed by atoms with van der Waals surface area (Å²) in [6.07, 6.45) is -2.60. The van der Waals surface area contributed by atoms with Gasteiger partial charge in [-0.1, -0.05) is 56.3 Å². The molecule has 210 valence electrons. The van der Waals surface area contributed by atoms with Crippen LogP contribution in [-0.4, -0.2) is 66.3 Å². The lowest BCUT2D eigenvalue weighted by atomic mass is 9.98. The molecule has 0 aliphatic heterocycles. The van der Waals surface area contributed by atoms with E-state index in [2.05, 4.69) is 0 Å². The molecule has 0 aliphatic carbocycles. The maximum Gasteiger partial charge on any atom is 0.407 e. The predicted molar refractivity (Wildman–Crippen MR) is 146 cm³/mol. The van der Waals surface area contributed by atoms with Crippen LogP contribution in [0.25, 0.3) is 0 Å². The topological polar surface area (TPSA) is 107 Å². The average Bonchev–Trinajstić information content (AvgIpc) is 2.91. The molecule has 3 aromatic carbocycles. The van der Waals surface area contributed by atoms with E-state index in [0.29, 0.717) is 16.9 Å². The quantitative estimate of drug-likeness (QED) is 0.317. The van der Waals surface area contributed by atoms with Crippen molar-refractivity contribution in [3.8, 4) is 5.75 Å². The molecule has 8 nitrogen and oxygen atoms in total. The van der Waals surface area contributed by atoms with Crippen molar-refractivity contribution in [1.29, 1.82) is 0 Å². The largest absolute Gasteiger partial charge is 0.497 e. The molecule has 10 heteroatoms. The summed E-state index contributed by atoms with van der Waals surface area (Å²) in [5.74, 6) is -0.00801. The highest BCUT2D eigenvalue weighted by Crippen LogP contribution is 2.23. The van der Waals surface area contributed by atoms with E-state index >= 15 is 0 Å². The summed E-state index contributed by atoms with van der Waals surface area (Å²) in [6, 6.07) is 19.4. The van der Waals surface area contributed by atoms with Crippen LogP contribution in [0.5, 0.6) is 5.75 Å². The Kier molecular flexibility index (Phi) is 10.4. The van der Waals surface area contributed by atoms with Crippen LogP contribution in [0.15, 0.2) is 83.8 Å². The van der Waals surface area contributed by atoms with Gasteiger partial charge in [-0.05, 0) is 59.9 Å². The molecule has 1 amide bonds. The van der Waals surface area contributed by atoms with E-state index in [0.717, 1.165) is 4.90 Å². The number of nitrogens with zero attached hydrogens (tertiary/aromatic N) is 2. The number of hydrogen-bond acceptors (Lipinski definition) is 5. The zero-order valence-electron chi connectivity index (χ0n) is 22.3. The summed E-state index contributed by atoms with van der Waals surface area (Å²) in [7, 11) is -2.55. The highest BCUT2D eigenvalue weighted by Gasteiger charge is 2.35. The van der Waals surface area contributed by atoms with Gasteiger partial charge in [-0.2, -0.15) is 4.31 Å². The monoisotopic (exact) mass is 558 g/mol. The third kappa shape index (κ3) is 8.26. The highest BCUT2D eigenvalue weighted by molar-refractivity contribution is 7.89. The van der Waals surface area contributed by atoms with Crippen molar-refractivity contribution in [2.75, 3.05) is 20.2 Å². The number of sulfonamides is 1. The Morgan fingerprint density at radius 2 is 1.54 bits per heavy atom. The minimum absolute atomic E-state index is 0.0193. The molecule has 0 aromatic heterocycles. The molecular formula is C29H35FN2O6S. The van der Waals surface area contributed by atoms with Gasteiger partial charge < -0.3 is 14.9 Å². The first-order chi connectivity index (χ1) is 18.5. The molecule has 39 heavy (non-hydrogen) atoms. The Balaban J connectivity index is 1.97. The molecule has 1 unspecified atom stereocenters. The minimum Gasteiger partial charge on any atom is -0.497 e. The van der Waals surface area contributed by atoms with E-state index < -0.39 is 34.1 Å². The Morgan fingerprint density at radius 1 is 0.923 bits per heavy atom. The summed E-state index contributed by atoms with van der Waals surface area (Å²) >= 11 is 0. The molecule has 0 heterocycles. The van der Waals surface area contributed by atoms with Crippen LogP contribution in [0.4, 0.5) is 9.18 Å². The van der Waals surface area contributed by atoms with Crippen LogP contribution in [0.2, 0.25) is 0 Å². The molecule has 0 fully saturated rings. The fraction of sp³-hybridized carbons (Fsp3) is 0.345. The molecular weight excluding hydrogens is 523 g/mol. The standard InChI is InChI=1S/C29H35FN2O6S/c1-21(2)18-31(39(36,37)26-15-13-25(38-3)14-16-26)20-28(33)27(17-22-9-11-24(30)12-10-22)32(29(34)35)19-23-7-5-4-6-8-23/h4-16,21,27-28,33H,17-20H2,1-3H3,(H,34,35)/t27?,28-/m1/s1. The van der Waals surface area contributed by atoms with E-state index in [4.69, 9.17) is 4.74 Å². The van der Waals surface area contributed by atoms with E-state index in [1.165, 1.54) is 47.8 Å². The van der Waals surface area contributed by atoms with Crippen molar-refractivity contribution < 1.29 is 32.6 Å². The molecule has 0 saturated carbocycles. The van der Waals surface area contributed by atoms with Crippen molar-refractivity contribution in [2.45, 2.75) is 43.9 Å². The van der Waals surface area contributed by atoms with Gasteiger partial charge in [0.2, 0.25) is 10.0 Å². The Hall–Kier alpha value is -3.47. The smallest absolute Gasteiger partial charge is 0.407 e. The van der Waals surface area contributed by atoms with Gasteiger partial charge in [-0.25, -0.2) is 17.6 Å². The molecule has 2 N–H and O–H groups in total. The van der Waals surface area contributed by atoms with Crippen LogP contribution >= 0.6 is 0 Å². The first-order valence-corrected chi connectivity index (χ1v) is 14.1. The average molecular weight is 559 g/mol. The van der Waals surface area contributed by atoms with Gasteiger partial charge in [0.25, 0.3) is 0 Å². The maximum atomic E-state index is 13.6. The SMILES string of the molecule is COc1ccc(S(=O)(=O)N(CC(C)C)C[C@@H](O)C(Cc2ccc(F)cc2)N(Cc2ccccc2)C(=O)O)cc1. The number of ether oxygens (including phenoxy) is 1. The Bertz CT molecular complexity index is 1300. The van der Waals surface area contributed by atoms with E-state index in [-0.39, 0.29) is 36.9 Å². The second-order valence-corrected chi connectivity index (χ2v) is 11.7. The van der Waals surface area contributed by atoms with Gasteiger partial charge in [-0.15, -0.1) is 0 Å². The third-order valence-electron chi connectivity index (χ3n) is 6.30. The fourth-order valence-corrected chi connectivity index (χ4v) is 5.95. The normalized spacial score (nSPS) is 13.3. The first-order valence-electron chi connectivity index (χ1n) is 12.6. The number of aliphatic hydroxyl groups excluding tert-OH is 1. The van der Waals surface area contributed by atoms with Crippen molar-refractivity contribution in [3.05, 3.63) is 95.8 Å². The Morgan fingerprint density at radius 3 is 2.08 bits per heavy atom. The molecule has 0 spiro atoms. The number of amides is 1. The van der Waals surface area contributed by atoms with Gasteiger partial charge in [0, 0.05) is 19.6 Å². The third-order valence-corrected chi connectivity index (χ3v) is 8.15. The second-order valence-electron chi connectivity index (χ2n) is 9.75. The summed E-state index contributed by atoms with van der Waals surface area (Å²) in [5.41, 5.74) is 1.31. The molecule has 0 bridgehead atoms. The van der Waals surface area contributed by atoms with Gasteiger partial charge in [0.15, 0.2) is 0 Å². The Labute approximate surface area is 229 Å². The van der Waals surface area contributed by atoms with Crippen LogP contribution in [0, 0.1) is 11.7 Å². The van der Waals surface area contributed by atoms with Crippen LogP contribution in [0.1, 0.15) is 25.0 Å². The molecule has 0 saturated heterocycles. The summed E-state index contributed by atoms with van der Waals surface area (Å²) in [4.78, 5) is 13.6. The summed E-state index contributed by atoms with van der Waals surface area (Å²) < 4.78 is 47.1. The van der Waals surface area contributed by atoms with Crippen LogP contribution in [-0.2, 0) is 23.0 Å². The van der Waals surface area contributed by atoms with E-state index in [1.807, 2.05) is 19.9 Å². The number of methoxy groups -OCH3 is 1. The molecule has 3 aromatic rings. The summed E-state index contributed by atoms with van der Waals surface area (Å²) in [5, 5.41) is 21.6. The zero-order valence-corrected chi connectivity index (χ0v) is 23.1. The number of carboxylic acid groups (broad SMARTS) is 1. The number of aliphatic hydroxyl groups is 1. The van der Waals surface area contributed by atoms with Gasteiger partial charge in [-0.3, -0.25) is 4.90 Å². The highest BCUT2D eigenvalue weighted by atomic mass is 32.2. The lowest BCUT2D eigenvalue weighted by Gasteiger charge is -2.36. The first kappa shape index (κ1) is 30.1. The van der Waals surface area contributed by atoms with Gasteiger partial charge in [0.1, 0.15) is 11.6 Å². The summed E-state index contributed by atoms with van der Waals surface area (Å²) in [6.45, 7) is 3.47.